The summed E-state index contributed by atoms with van der Waals surface area (Å²) >= 11 is 0. The minimum atomic E-state index is -2.94. The number of hydrogen-bond donors (Lipinski definition) is 2. The van der Waals surface area contributed by atoms with E-state index < -0.39 is 15.8 Å². The lowest BCUT2D eigenvalue weighted by Gasteiger charge is -2.28. The van der Waals surface area contributed by atoms with E-state index in [0.29, 0.717) is 13.1 Å². The second-order valence-electron chi connectivity index (χ2n) is 4.82. The Morgan fingerprint density at radius 2 is 2.00 bits per heavy atom. The maximum absolute atomic E-state index is 11.0. The zero-order chi connectivity index (χ0) is 12.9. The van der Waals surface area contributed by atoms with Crippen LogP contribution in [0.2, 0.25) is 0 Å². The lowest BCUT2D eigenvalue weighted by Crippen LogP contribution is -2.36. The second-order valence-corrected chi connectivity index (χ2v) is 7.08. The van der Waals surface area contributed by atoms with Crippen LogP contribution in [0.5, 0.6) is 0 Å². The Balaban J connectivity index is 2.31. The van der Waals surface area contributed by atoms with Crippen LogP contribution in [0.1, 0.15) is 25.7 Å². The molecule has 1 fully saturated rings. The van der Waals surface area contributed by atoms with Crippen molar-refractivity contribution in [1.82, 2.24) is 5.32 Å². The molecular weight excluding hydrogens is 242 g/mol. The van der Waals surface area contributed by atoms with Crippen LogP contribution >= 0.6 is 0 Å². The van der Waals surface area contributed by atoms with Crippen molar-refractivity contribution in [3.05, 3.63) is 0 Å². The van der Waals surface area contributed by atoms with Gasteiger partial charge < -0.3 is 10.4 Å². The van der Waals surface area contributed by atoms with E-state index in [2.05, 4.69) is 5.32 Å². The first-order valence-electron chi connectivity index (χ1n) is 6.01. The Morgan fingerprint density at radius 3 is 2.59 bits per heavy atom. The van der Waals surface area contributed by atoms with Crippen LogP contribution in [0.4, 0.5) is 0 Å². The Kier molecular flexibility index (Phi) is 5.39. The van der Waals surface area contributed by atoms with Crippen molar-refractivity contribution >= 4 is 15.8 Å². The predicted octanol–water partition coefficient (Wildman–Crippen LogP) is 0.512. The second kappa shape index (κ2) is 6.35. The lowest BCUT2D eigenvalue weighted by molar-refractivity contribution is -0.144. The van der Waals surface area contributed by atoms with Crippen LogP contribution in [0, 0.1) is 11.8 Å². The summed E-state index contributed by atoms with van der Waals surface area (Å²) in [6.07, 6.45) is 4.92. The number of hydrogen-bond acceptors (Lipinski definition) is 4. The molecule has 1 aliphatic carbocycles. The van der Waals surface area contributed by atoms with Crippen LogP contribution in [0.25, 0.3) is 0 Å². The largest absolute Gasteiger partial charge is 0.481 e. The molecule has 17 heavy (non-hydrogen) atoms. The molecule has 100 valence electrons. The molecule has 1 rings (SSSR count). The van der Waals surface area contributed by atoms with Crippen LogP contribution in [-0.4, -0.2) is 44.6 Å². The third kappa shape index (κ3) is 5.50. The highest BCUT2D eigenvalue weighted by atomic mass is 32.2. The van der Waals surface area contributed by atoms with E-state index in [1.54, 1.807) is 0 Å². The minimum Gasteiger partial charge on any atom is -0.481 e. The van der Waals surface area contributed by atoms with Gasteiger partial charge >= 0.3 is 5.97 Å². The number of nitrogens with one attached hydrogen (secondary N) is 1. The molecule has 0 aromatic carbocycles. The van der Waals surface area contributed by atoms with Crippen molar-refractivity contribution in [1.29, 1.82) is 0 Å². The molecule has 1 saturated carbocycles. The normalized spacial score (nSPS) is 25.7. The summed E-state index contributed by atoms with van der Waals surface area (Å²) < 4.78 is 21.8. The summed E-state index contributed by atoms with van der Waals surface area (Å²) in [6, 6.07) is 0. The van der Waals surface area contributed by atoms with Crippen LogP contribution in [0.15, 0.2) is 0 Å². The smallest absolute Gasteiger partial charge is 0.306 e. The maximum atomic E-state index is 11.0. The van der Waals surface area contributed by atoms with E-state index in [-0.39, 0.29) is 17.6 Å². The third-order valence-corrected chi connectivity index (χ3v) is 4.23. The molecule has 2 N–H and O–H groups in total. The van der Waals surface area contributed by atoms with Gasteiger partial charge in [0.15, 0.2) is 0 Å². The lowest BCUT2D eigenvalue weighted by atomic mass is 9.79. The van der Waals surface area contributed by atoms with Gasteiger partial charge in [-0.15, -0.1) is 0 Å². The van der Waals surface area contributed by atoms with Gasteiger partial charge in [-0.25, -0.2) is 8.42 Å². The van der Waals surface area contributed by atoms with Crippen molar-refractivity contribution in [2.75, 3.05) is 25.1 Å². The molecule has 0 aromatic rings. The molecular formula is C11H21NO4S. The number of carboxylic acids is 1. The Labute approximate surface area is 103 Å². The zero-order valence-corrected chi connectivity index (χ0v) is 11.0. The Hall–Kier alpha value is -0.620. The van der Waals surface area contributed by atoms with Gasteiger partial charge in [-0.2, -0.15) is 0 Å². The van der Waals surface area contributed by atoms with Gasteiger partial charge in [0, 0.05) is 12.8 Å². The fourth-order valence-electron chi connectivity index (χ4n) is 2.32. The third-order valence-electron chi connectivity index (χ3n) is 3.28. The molecule has 1 aliphatic rings. The van der Waals surface area contributed by atoms with Gasteiger partial charge in [-0.05, 0) is 25.3 Å². The Morgan fingerprint density at radius 1 is 1.35 bits per heavy atom. The van der Waals surface area contributed by atoms with E-state index in [4.69, 9.17) is 5.11 Å². The van der Waals surface area contributed by atoms with E-state index in [1.165, 1.54) is 6.26 Å². The molecule has 6 heteroatoms. The van der Waals surface area contributed by atoms with Gasteiger partial charge in [0.25, 0.3) is 0 Å². The highest BCUT2D eigenvalue weighted by molar-refractivity contribution is 7.90. The number of rotatable bonds is 6. The number of carbonyl (C=O) groups is 1. The molecule has 0 aliphatic heterocycles. The standard InChI is InChI=1S/C11H21NO4S/c1-17(15,16)7-6-12-8-9-4-2-3-5-10(9)11(13)14/h9-10,12H,2-8H2,1H3,(H,13,14). The van der Waals surface area contributed by atoms with Crippen molar-refractivity contribution in [3.8, 4) is 0 Å². The fraction of sp³-hybridized carbons (Fsp3) is 0.909. The summed E-state index contributed by atoms with van der Waals surface area (Å²) in [5.41, 5.74) is 0. The zero-order valence-electron chi connectivity index (χ0n) is 10.2. The van der Waals surface area contributed by atoms with Crippen molar-refractivity contribution in [2.45, 2.75) is 25.7 Å². The molecule has 0 bridgehead atoms. The van der Waals surface area contributed by atoms with Gasteiger partial charge in [-0.3, -0.25) is 4.79 Å². The minimum absolute atomic E-state index is 0.109. The summed E-state index contributed by atoms with van der Waals surface area (Å²) in [4.78, 5) is 11.0. The molecule has 0 heterocycles. The van der Waals surface area contributed by atoms with E-state index in [9.17, 15) is 13.2 Å². The summed E-state index contributed by atoms with van der Waals surface area (Å²) in [7, 11) is -2.94. The molecule has 0 amide bonds. The average molecular weight is 263 g/mol. The molecule has 2 unspecified atom stereocenters. The van der Waals surface area contributed by atoms with Gasteiger partial charge in [0.05, 0.1) is 11.7 Å². The predicted molar refractivity (Wildman–Crippen MR) is 65.7 cm³/mol. The number of aliphatic carboxylic acids is 1. The first kappa shape index (κ1) is 14.4. The topological polar surface area (TPSA) is 83.5 Å². The monoisotopic (exact) mass is 263 g/mol. The maximum Gasteiger partial charge on any atom is 0.306 e. The molecule has 5 nitrogen and oxygen atoms in total. The van der Waals surface area contributed by atoms with Crippen molar-refractivity contribution in [3.63, 3.8) is 0 Å². The highest BCUT2D eigenvalue weighted by Crippen LogP contribution is 2.29. The molecule has 0 radical (unpaired) electrons. The van der Waals surface area contributed by atoms with Gasteiger partial charge in [0.2, 0.25) is 0 Å². The van der Waals surface area contributed by atoms with E-state index >= 15 is 0 Å². The van der Waals surface area contributed by atoms with Crippen LogP contribution in [0.3, 0.4) is 0 Å². The first-order valence-corrected chi connectivity index (χ1v) is 8.07. The Bertz CT molecular complexity index is 352. The first-order chi connectivity index (χ1) is 7.90. The quantitative estimate of drug-likeness (QED) is 0.682. The number of sulfone groups is 1. The van der Waals surface area contributed by atoms with E-state index in [1.807, 2.05) is 0 Å². The SMILES string of the molecule is CS(=O)(=O)CCNCC1CCCCC1C(=O)O. The highest BCUT2D eigenvalue weighted by Gasteiger charge is 2.30. The van der Waals surface area contributed by atoms with E-state index in [0.717, 1.165) is 25.7 Å². The van der Waals surface area contributed by atoms with Gasteiger partial charge in [0.1, 0.15) is 9.84 Å². The molecule has 0 saturated heterocycles. The molecule has 0 spiro atoms. The molecule has 2 atom stereocenters. The summed E-state index contributed by atoms with van der Waals surface area (Å²) in [6.45, 7) is 1.01. The van der Waals surface area contributed by atoms with Crippen LogP contribution < -0.4 is 5.32 Å². The average Bonchev–Trinajstić information content (AvgIpc) is 2.23. The van der Waals surface area contributed by atoms with Gasteiger partial charge in [-0.1, -0.05) is 12.8 Å². The van der Waals surface area contributed by atoms with Crippen LogP contribution in [-0.2, 0) is 14.6 Å². The van der Waals surface area contributed by atoms with Crippen molar-refractivity contribution in [2.24, 2.45) is 11.8 Å². The fourth-order valence-corrected chi connectivity index (χ4v) is 2.84. The molecule has 0 aromatic heterocycles. The van der Waals surface area contributed by atoms with Crippen molar-refractivity contribution < 1.29 is 18.3 Å². The summed E-state index contributed by atoms with van der Waals surface area (Å²) in [5, 5.41) is 12.1. The summed E-state index contributed by atoms with van der Waals surface area (Å²) in [5.74, 6) is -0.743. The number of carboxylic acid groups (broad SMARTS) is 1.